The Hall–Kier alpha value is -2.17. The van der Waals surface area contributed by atoms with E-state index in [0.717, 1.165) is 0 Å². The summed E-state index contributed by atoms with van der Waals surface area (Å²) < 4.78 is 65.6. The summed E-state index contributed by atoms with van der Waals surface area (Å²) in [4.78, 5) is 15.1. The van der Waals surface area contributed by atoms with Crippen molar-refractivity contribution in [3.05, 3.63) is 23.9 Å². The largest absolute Gasteiger partial charge is 0.417 e. The van der Waals surface area contributed by atoms with Crippen molar-refractivity contribution < 1.29 is 36.6 Å². The van der Waals surface area contributed by atoms with Gasteiger partial charge >= 0.3 is 18.8 Å². The Balaban J connectivity index is 1.77. The van der Waals surface area contributed by atoms with Gasteiger partial charge < -0.3 is 20.5 Å². The normalized spacial score (nSPS) is 23.5. The monoisotopic (exact) mass is 355 g/mol. The molecule has 1 aromatic heterocycles. The van der Waals surface area contributed by atoms with Crippen LogP contribution in [0.1, 0.15) is 18.4 Å². The van der Waals surface area contributed by atoms with E-state index in [1.807, 2.05) is 0 Å². The second kappa shape index (κ2) is 6.75. The van der Waals surface area contributed by atoms with Crippen LogP contribution in [0.25, 0.3) is 0 Å². The molecule has 0 radical (unpaired) electrons. The van der Waals surface area contributed by atoms with E-state index in [-0.39, 0.29) is 12.4 Å². The van der Waals surface area contributed by atoms with Crippen LogP contribution in [0, 0.1) is 0 Å². The zero-order valence-electron chi connectivity index (χ0n) is 12.1. The lowest BCUT2D eigenvalue weighted by molar-refractivity contribution is -0.291. The van der Waals surface area contributed by atoms with Gasteiger partial charge in [-0.25, -0.2) is 9.78 Å². The first-order valence-corrected chi connectivity index (χ1v) is 6.82. The van der Waals surface area contributed by atoms with Crippen molar-refractivity contribution in [1.29, 1.82) is 0 Å². The molecular formula is C13H14F5N3O3. The molecule has 1 heterocycles. The molecule has 6 nitrogen and oxygen atoms in total. The molecular weight excluding hydrogens is 341 g/mol. The molecule has 24 heavy (non-hydrogen) atoms. The topological polar surface area (TPSA) is 83.5 Å². The highest BCUT2D eigenvalue weighted by Gasteiger charge is 2.61. The number of urea groups is 1. The number of hydrogen-bond donors (Lipinski definition) is 3. The molecule has 0 unspecified atom stereocenters. The van der Waals surface area contributed by atoms with Gasteiger partial charge in [0.1, 0.15) is 0 Å². The van der Waals surface area contributed by atoms with Crippen LogP contribution in [-0.4, -0.2) is 40.6 Å². The van der Waals surface area contributed by atoms with Gasteiger partial charge in [0.25, 0.3) is 0 Å². The smallest absolute Gasteiger partial charge is 0.417 e. The quantitative estimate of drug-likeness (QED) is 0.705. The number of ether oxygens (including phenoxy) is 1. The SMILES string of the molecule is O=C(NCc1ccnc(OC(F)F)c1)NC1CC(O)(C(F)(F)F)C1. The lowest BCUT2D eigenvalue weighted by atomic mass is 9.75. The lowest BCUT2D eigenvalue weighted by Gasteiger charge is -2.44. The van der Waals surface area contributed by atoms with Gasteiger partial charge in [-0.15, -0.1) is 0 Å². The molecule has 0 saturated heterocycles. The average Bonchev–Trinajstić information content (AvgIpc) is 2.42. The Morgan fingerprint density at radius 1 is 1.46 bits per heavy atom. The number of nitrogens with one attached hydrogen (secondary N) is 2. The lowest BCUT2D eigenvalue weighted by Crippen LogP contribution is -2.63. The van der Waals surface area contributed by atoms with Crippen molar-refractivity contribution in [2.75, 3.05) is 0 Å². The number of aromatic nitrogens is 1. The van der Waals surface area contributed by atoms with Gasteiger partial charge in [0.15, 0.2) is 5.60 Å². The van der Waals surface area contributed by atoms with Crippen LogP contribution < -0.4 is 15.4 Å². The molecule has 1 aromatic rings. The highest BCUT2D eigenvalue weighted by Crippen LogP contribution is 2.45. The van der Waals surface area contributed by atoms with Gasteiger partial charge in [0, 0.05) is 37.7 Å². The summed E-state index contributed by atoms with van der Waals surface area (Å²) in [6, 6.07) is 1.10. The molecule has 1 saturated carbocycles. The molecule has 1 fully saturated rings. The number of rotatable bonds is 5. The molecule has 0 aromatic carbocycles. The summed E-state index contributed by atoms with van der Waals surface area (Å²) in [6.45, 7) is -3.10. The number of carbonyl (C=O) groups excluding carboxylic acids is 1. The molecule has 1 aliphatic rings. The van der Waals surface area contributed by atoms with E-state index in [4.69, 9.17) is 0 Å². The van der Waals surface area contributed by atoms with Crippen molar-refractivity contribution in [2.45, 2.75) is 43.8 Å². The molecule has 0 bridgehead atoms. The first-order chi connectivity index (χ1) is 11.1. The fourth-order valence-electron chi connectivity index (χ4n) is 2.22. The molecule has 2 rings (SSSR count). The second-order valence-electron chi connectivity index (χ2n) is 5.34. The van der Waals surface area contributed by atoms with Crippen LogP contribution in [0.4, 0.5) is 26.7 Å². The number of halogens is 5. The average molecular weight is 355 g/mol. The van der Waals surface area contributed by atoms with Crippen LogP contribution in [0.3, 0.4) is 0 Å². The maximum atomic E-state index is 12.4. The Labute approximate surface area is 133 Å². The van der Waals surface area contributed by atoms with E-state index in [2.05, 4.69) is 20.4 Å². The third-order valence-corrected chi connectivity index (χ3v) is 3.49. The van der Waals surface area contributed by atoms with Crippen LogP contribution >= 0.6 is 0 Å². The zero-order chi connectivity index (χ0) is 18.0. The molecule has 0 spiro atoms. The molecule has 11 heteroatoms. The Bertz CT molecular complexity index is 590. The number of hydrogen-bond acceptors (Lipinski definition) is 4. The highest BCUT2D eigenvalue weighted by atomic mass is 19.4. The Kier molecular flexibility index (Phi) is 5.11. The predicted molar refractivity (Wildman–Crippen MR) is 70.3 cm³/mol. The van der Waals surface area contributed by atoms with E-state index in [9.17, 15) is 31.9 Å². The van der Waals surface area contributed by atoms with Gasteiger partial charge in [-0.05, 0) is 11.6 Å². The zero-order valence-corrected chi connectivity index (χ0v) is 12.1. The minimum Gasteiger partial charge on any atom is -0.417 e. The fourth-order valence-corrected chi connectivity index (χ4v) is 2.22. The Morgan fingerprint density at radius 2 is 2.12 bits per heavy atom. The third-order valence-electron chi connectivity index (χ3n) is 3.49. The van der Waals surface area contributed by atoms with Crippen molar-refractivity contribution >= 4 is 6.03 Å². The molecule has 134 valence electrons. The van der Waals surface area contributed by atoms with E-state index >= 15 is 0 Å². The minimum absolute atomic E-state index is 0.0653. The molecule has 3 N–H and O–H groups in total. The third kappa shape index (κ3) is 4.43. The molecule has 0 aliphatic heterocycles. The first kappa shape index (κ1) is 18.2. The molecule has 1 aliphatic carbocycles. The van der Waals surface area contributed by atoms with Crippen molar-refractivity contribution in [3.8, 4) is 5.88 Å². The number of nitrogens with zero attached hydrogens (tertiary/aromatic N) is 1. The van der Waals surface area contributed by atoms with E-state index in [1.165, 1.54) is 18.3 Å². The first-order valence-electron chi connectivity index (χ1n) is 6.82. The summed E-state index contributed by atoms with van der Waals surface area (Å²) >= 11 is 0. The van der Waals surface area contributed by atoms with Gasteiger partial charge in [0.2, 0.25) is 5.88 Å². The van der Waals surface area contributed by atoms with E-state index < -0.39 is 43.3 Å². The van der Waals surface area contributed by atoms with Crippen molar-refractivity contribution in [1.82, 2.24) is 15.6 Å². The minimum atomic E-state index is -4.74. The van der Waals surface area contributed by atoms with Crippen LogP contribution in [0.5, 0.6) is 5.88 Å². The maximum absolute atomic E-state index is 12.4. The Morgan fingerprint density at radius 3 is 2.71 bits per heavy atom. The number of aliphatic hydroxyl groups is 1. The molecule has 2 amide bonds. The van der Waals surface area contributed by atoms with Crippen LogP contribution in [0.2, 0.25) is 0 Å². The van der Waals surface area contributed by atoms with Gasteiger partial charge in [0.05, 0.1) is 0 Å². The van der Waals surface area contributed by atoms with E-state index in [0.29, 0.717) is 5.56 Å². The predicted octanol–water partition coefficient (Wildman–Crippen LogP) is 1.94. The number of carbonyl (C=O) groups is 1. The second-order valence-corrected chi connectivity index (χ2v) is 5.34. The number of alkyl halides is 5. The summed E-state index contributed by atoms with van der Waals surface area (Å²) in [7, 11) is 0. The standard InChI is InChI=1S/C13H14F5N3O3/c14-10(15)24-9-3-7(1-2-19-9)6-20-11(22)21-8-4-12(23,5-8)13(16,17)18/h1-3,8,10,23H,4-6H2,(H2,20,21,22). The van der Waals surface area contributed by atoms with Crippen LogP contribution in [-0.2, 0) is 6.54 Å². The van der Waals surface area contributed by atoms with Crippen LogP contribution in [0.15, 0.2) is 18.3 Å². The summed E-state index contributed by atoms with van der Waals surface area (Å²) in [5, 5.41) is 13.9. The fraction of sp³-hybridized carbons (Fsp3) is 0.538. The van der Waals surface area contributed by atoms with E-state index in [1.54, 1.807) is 0 Å². The van der Waals surface area contributed by atoms with Crippen molar-refractivity contribution in [2.24, 2.45) is 0 Å². The summed E-state index contributed by atoms with van der Waals surface area (Å²) in [5.41, 5.74) is -2.35. The van der Waals surface area contributed by atoms with Crippen molar-refractivity contribution in [3.63, 3.8) is 0 Å². The maximum Gasteiger partial charge on any atom is 0.417 e. The number of pyridine rings is 1. The molecule has 0 atom stereocenters. The van der Waals surface area contributed by atoms with Gasteiger partial charge in [-0.2, -0.15) is 22.0 Å². The summed E-state index contributed by atoms with van der Waals surface area (Å²) in [5.74, 6) is -0.320. The van der Waals surface area contributed by atoms with Gasteiger partial charge in [-0.1, -0.05) is 0 Å². The van der Waals surface area contributed by atoms with Gasteiger partial charge in [-0.3, -0.25) is 0 Å². The highest BCUT2D eigenvalue weighted by molar-refractivity contribution is 5.74. The number of amides is 2. The summed E-state index contributed by atoms with van der Waals surface area (Å²) in [6.07, 6.45) is -4.76.